The lowest BCUT2D eigenvalue weighted by molar-refractivity contribution is 0.0698. The first-order valence-electron chi connectivity index (χ1n) is 7.33. The van der Waals surface area contributed by atoms with E-state index in [0.717, 1.165) is 24.8 Å². The molecule has 1 aliphatic rings. The SMILES string of the molecule is CC1CCCC(CCNc2cc(Cl)ccc2C(=O)O)C1. The molecule has 0 radical (unpaired) electrons. The van der Waals surface area contributed by atoms with Crippen LogP contribution in [0.2, 0.25) is 5.02 Å². The maximum absolute atomic E-state index is 11.2. The van der Waals surface area contributed by atoms with Crippen LogP contribution < -0.4 is 5.32 Å². The number of rotatable bonds is 5. The molecule has 0 spiro atoms. The van der Waals surface area contributed by atoms with Gasteiger partial charge in [-0.15, -0.1) is 0 Å². The fourth-order valence-corrected chi connectivity index (χ4v) is 3.25. The molecule has 2 atom stereocenters. The lowest BCUT2D eigenvalue weighted by Crippen LogP contribution is -2.17. The van der Waals surface area contributed by atoms with Crippen molar-refractivity contribution >= 4 is 23.3 Å². The highest BCUT2D eigenvalue weighted by Crippen LogP contribution is 2.30. The monoisotopic (exact) mass is 295 g/mol. The number of hydrogen-bond acceptors (Lipinski definition) is 2. The number of carbonyl (C=O) groups is 1. The molecular weight excluding hydrogens is 274 g/mol. The number of halogens is 1. The predicted octanol–water partition coefficient (Wildman–Crippen LogP) is 4.67. The van der Waals surface area contributed by atoms with Gasteiger partial charge in [0.1, 0.15) is 0 Å². The van der Waals surface area contributed by atoms with Crippen molar-refractivity contribution in [3.63, 3.8) is 0 Å². The van der Waals surface area contributed by atoms with Crippen LogP contribution in [0, 0.1) is 11.8 Å². The van der Waals surface area contributed by atoms with Crippen molar-refractivity contribution < 1.29 is 9.90 Å². The third-order valence-corrected chi connectivity index (χ3v) is 4.36. The molecule has 1 saturated carbocycles. The number of carboxylic acids is 1. The number of benzene rings is 1. The number of hydrogen-bond donors (Lipinski definition) is 2. The van der Waals surface area contributed by atoms with Crippen LogP contribution in [0.3, 0.4) is 0 Å². The summed E-state index contributed by atoms with van der Waals surface area (Å²) >= 11 is 5.94. The molecule has 20 heavy (non-hydrogen) atoms. The molecule has 0 amide bonds. The minimum absolute atomic E-state index is 0.284. The van der Waals surface area contributed by atoms with Gasteiger partial charge >= 0.3 is 5.97 Å². The Morgan fingerprint density at radius 3 is 2.95 bits per heavy atom. The highest BCUT2D eigenvalue weighted by atomic mass is 35.5. The summed E-state index contributed by atoms with van der Waals surface area (Å²) in [6, 6.07) is 4.85. The first kappa shape index (κ1) is 15.2. The van der Waals surface area contributed by atoms with Crippen LogP contribution in [0.5, 0.6) is 0 Å². The Balaban J connectivity index is 1.90. The third-order valence-electron chi connectivity index (χ3n) is 4.13. The summed E-state index contributed by atoms with van der Waals surface area (Å²) in [7, 11) is 0. The van der Waals surface area contributed by atoms with E-state index in [2.05, 4.69) is 12.2 Å². The summed E-state index contributed by atoms with van der Waals surface area (Å²) in [6.45, 7) is 3.12. The van der Waals surface area contributed by atoms with E-state index in [1.165, 1.54) is 25.7 Å². The molecule has 0 heterocycles. The van der Waals surface area contributed by atoms with Crippen LogP contribution >= 0.6 is 11.6 Å². The Morgan fingerprint density at radius 2 is 2.25 bits per heavy atom. The smallest absolute Gasteiger partial charge is 0.337 e. The van der Waals surface area contributed by atoms with Gasteiger partial charge in [-0.2, -0.15) is 0 Å². The maximum atomic E-state index is 11.2. The molecule has 1 aromatic carbocycles. The average molecular weight is 296 g/mol. The quantitative estimate of drug-likeness (QED) is 0.830. The zero-order chi connectivity index (χ0) is 14.5. The molecule has 2 rings (SSSR count). The van der Waals surface area contributed by atoms with Crippen LogP contribution in [0.15, 0.2) is 18.2 Å². The Hall–Kier alpha value is -1.22. The van der Waals surface area contributed by atoms with E-state index in [1.54, 1.807) is 18.2 Å². The van der Waals surface area contributed by atoms with Gasteiger partial charge in [-0.3, -0.25) is 0 Å². The largest absolute Gasteiger partial charge is 0.478 e. The van der Waals surface area contributed by atoms with E-state index in [0.29, 0.717) is 10.7 Å². The predicted molar refractivity (Wildman–Crippen MR) is 82.6 cm³/mol. The Bertz CT molecular complexity index is 476. The van der Waals surface area contributed by atoms with Gasteiger partial charge in [0.05, 0.1) is 11.3 Å². The van der Waals surface area contributed by atoms with Crippen LogP contribution in [-0.4, -0.2) is 17.6 Å². The van der Waals surface area contributed by atoms with Crippen LogP contribution in [0.4, 0.5) is 5.69 Å². The second-order valence-electron chi connectivity index (χ2n) is 5.85. The summed E-state index contributed by atoms with van der Waals surface area (Å²) in [4.78, 5) is 11.2. The molecule has 0 bridgehead atoms. The van der Waals surface area contributed by atoms with Gasteiger partial charge in [0.15, 0.2) is 0 Å². The van der Waals surface area contributed by atoms with Crippen molar-refractivity contribution in [2.24, 2.45) is 11.8 Å². The molecule has 0 saturated heterocycles. The van der Waals surface area contributed by atoms with E-state index in [9.17, 15) is 4.79 Å². The minimum atomic E-state index is -0.921. The Morgan fingerprint density at radius 1 is 1.45 bits per heavy atom. The van der Waals surface area contributed by atoms with Crippen molar-refractivity contribution in [2.45, 2.75) is 39.0 Å². The second kappa shape index (κ2) is 6.98. The highest BCUT2D eigenvalue weighted by Gasteiger charge is 2.18. The van der Waals surface area contributed by atoms with Crippen LogP contribution in [-0.2, 0) is 0 Å². The Kier molecular flexibility index (Phi) is 5.30. The lowest BCUT2D eigenvalue weighted by atomic mass is 9.81. The van der Waals surface area contributed by atoms with Gasteiger partial charge < -0.3 is 10.4 Å². The van der Waals surface area contributed by atoms with Gasteiger partial charge in [0.25, 0.3) is 0 Å². The number of carboxylic acid groups (broad SMARTS) is 1. The number of nitrogens with one attached hydrogen (secondary N) is 1. The first-order valence-corrected chi connectivity index (χ1v) is 7.70. The maximum Gasteiger partial charge on any atom is 0.337 e. The van der Waals surface area contributed by atoms with E-state index >= 15 is 0 Å². The number of anilines is 1. The van der Waals surface area contributed by atoms with E-state index in [-0.39, 0.29) is 5.56 Å². The molecule has 3 nitrogen and oxygen atoms in total. The van der Waals surface area contributed by atoms with E-state index in [4.69, 9.17) is 16.7 Å². The Labute approximate surface area is 125 Å². The van der Waals surface area contributed by atoms with Crippen LogP contribution in [0.25, 0.3) is 0 Å². The van der Waals surface area contributed by atoms with Crippen molar-refractivity contribution in [3.8, 4) is 0 Å². The first-order chi connectivity index (χ1) is 9.56. The topological polar surface area (TPSA) is 49.3 Å². The molecule has 1 fully saturated rings. The fraction of sp³-hybridized carbons (Fsp3) is 0.562. The molecule has 110 valence electrons. The standard InChI is InChI=1S/C16H22ClNO2/c1-11-3-2-4-12(9-11)7-8-18-15-10-13(17)5-6-14(15)16(19)20/h5-6,10-12,18H,2-4,7-9H2,1H3,(H,19,20). The summed E-state index contributed by atoms with van der Waals surface area (Å²) in [5.74, 6) is 0.670. The van der Waals surface area contributed by atoms with Gasteiger partial charge in [0.2, 0.25) is 0 Å². The average Bonchev–Trinajstić information content (AvgIpc) is 2.38. The summed E-state index contributed by atoms with van der Waals surface area (Å²) in [5.41, 5.74) is 0.903. The third kappa shape index (κ3) is 4.14. The minimum Gasteiger partial charge on any atom is -0.478 e. The molecule has 2 unspecified atom stereocenters. The van der Waals surface area contributed by atoms with Gasteiger partial charge in [-0.25, -0.2) is 4.79 Å². The zero-order valence-electron chi connectivity index (χ0n) is 11.9. The highest BCUT2D eigenvalue weighted by molar-refractivity contribution is 6.31. The second-order valence-corrected chi connectivity index (χ2v) is 6.28. The summed E-state index contributed by atoms with van der Waals surface area (Å²) < 4.78 is 0. The van der Waals surface area contributed by atoms with Gasteiger partial charge in [-0.1, -0.05) is 37.8 Å². The van der Waals surface area contributed by atoms with E-state index < -0.39 is 5.97 Å². The van der Waals surface area contributed by atoms with Gasteiger partial charge in [0, 0.05) is 11.6 Å². The number of aromatic carboxylic acids is 1. The van der Waals surface area contributed by atoms with Crippen molar-refractivity contribution in [1.82, 2.24) is 0 Å². The van der Waals surface area contributed by atoms with Crippen molar-refractivity contribution in [2.75, 3.05) is 11.9 Å². The molecule has 1 aromatic rings. The van der Waals surface area contributed by atoms with Crippen molar-refractivity contribution in [3.05, 3.63) is 28.8 Å². The molecule has 1 aliphatic carbocycles. The normalized spacial score (nSPS) is 22.5. The van der Waals surface area contributed by atoms with E-state index in [1.807, 2.05) is 0 Å². The zero-order valence-corrected chi connectivity index (χ0v) is 12.6. The fourth-order valence-electron chi connectivity index (χ4n) is 3.08. The lowest BCUT2D eigenvalue weighted by Gasteiger charge is -2.26. The summed E-state index contributed by atoms with van der Waals surface area (Å²) in [6.07, 6.45) is 6.36. The molecule has 0 aromatic heterocycles. The van der Waals surface area contributed by atoms with Crippen LogP contribution in [0.1, 0.15) is 49.4 Å². The molecule has 0 aliphatic heterocycles. The molecule has 2 N–H and O–H groups in total. The summed E-state index contributed by atoms with van der Waals surface area (Å²) in [5, 5.41) is 12.9. The van der Waals surface area contributed by atoms with Gasteiger partial charge in [-0.05, 0) is 42.9 Å². The molecular formula is C16H22ClNO2. The molecule has 4 heteroatoms. The van der Waals surface area contributed by atoms with Crippen molar-refractivity contribution in [1.29, 1.82) is 0 Å².